The summed E-state index contributed by atoms with van der Waals surface area (Å²) in [6.07, 6.45) is 4.97. The lowest BCUT2D eigenvalue weighted by atomic mass is 9.94. The van der Waals surface area contributed by atoms with E-state index < -0.39 is 0 Å². The second kappa shape index (κ2) is 3.93. The number of nitrogens with two attached hydrogens (primary N) is 1. The third-order valence-electron chi connectivity index (χ3n) is 3.25. The predicted octanol–water partition coefficient (Wildman–Crippen LogP) is 1.96. The van der Waals surface area contributed by atoms with Gasteiger partial charge in [-0.1, -0.05) is 18.0 Å². The summed E-state index contributed by atoms with van der Waals surface area (Å²) in [4.78, 5) is 4.48. The highest BCUT2D eigenvalue weighted by Crippen LogP contribution is 2.33. The van der Waals surface area contributed by atoms with Crippen LogP contribution in [0, 0.1) is 0 Å². The van der Waals surface area contributed by atoms with Crippen LogP contribution in [0.1, 0.15) is 57.2 Å². The lowest BCUT2D eigenvalue weighted by Gasteiger charge is -2.15. The summed E-state index contributed by atoms with van der Waals surface area (Å²) in [6.45, 7) is 4.58. The van der Waals surface area contributed by atoms with Crippen molar-refractivity contribution in [3.05, 3.63) is 11.7 Å². The Balaban J connectivity index is 2.16. The molecule has 1 aromatic heterocycles. The summed E-state index contributed by atoms with van der Waals surface area (Å²) in [6, 6.07) is 0. The minimum Gasteiger partial charge on any atom is -0.339 e. The molecule has 1 aliphatic rings. The van der Waals surface area contributed by atoms with E-state index in [1.807, 2.05) is 13.8 Å². The molecule has 0 radical (unpaired) electrons. The first-order chi connectivity index (χ1) is 7.13. The van der Waals surface area contributed by atoms with E-state index in [0.717, 1.165) is 5.82 Å². The molecule has 0 spiro atoms. The Bertz CT molecular complexity index is 326. The monoisotopic (exact) mass is 209 g/mol. The number of nitrogens with zero attached hydrogens (tertiary/aromatic N) is 2. The largest absolute Gasteiger partial charge is 0.339 e. The third-order valence-corrected chi connectivity index (χ3v) is 3.25. The van der Waals surface area contributed by atoms with Gasteiger partial charge in [0, 0.05) is 12.5 Å². The first-order valence-corrected chi connectivity index (χ1v) is 5.67. The summed E-state index contributed by atoms with van der Waals surface area (Å²) >= 11 is 0. The van der Waals surface area contributed by atoms with Gasteiger partial charge in [-0.3, -0.25) is 0 Å². The van der Waals surface area contributed by atoms with Crippen molar-refractivity contribution in [2.24, 2.45) is 5.73 Å². The number of rotatable bonds is 3. The average molecular weight is 209 g/mol. The van der Waals surface area contributed by atoms with Gasteiger partial charge in [-0.05, 0) is 26.7 Å². The van der Waals surface area contributed by atoms with E-state index in [1.54, 1.807) is 0 Å². The molecule has 4 heteroatoms. The molecule has 4 nitrogen and oxygen atoms in total. The summed E-state index contributed by atoms with van der Waals surface area (Å²) in [7, 11) is 0. The van der Waals surface area contributed by atoms with Crippen LogP contribution in [-0.2, 0) is 5.41 Å². The Kier molecular flexibility index (Phi) is 2.78. The van der Waals surface area contributed by atoms with Crippen molar-refractivity contribution in [3.8, 4) is 0 Å². The van der Waals surface area contributed by atoms with Crippen molar-refractivity contribution in [3.63, 3.8) is 0 Å². The number of aromatic nitrogens is 2. The maximum absolute atomic E-state index is 5.67. The fraction of sp³-hybridized carbons (Fsp3) is 0.818. The molecule has 84 valence electrons. The SMILES string of the molecule is CC(C)(CN)c1nc(C2CCCC2)no1. The smallest absolute Gasteiger partial charge is 0.233 e. The zero-order valence-electron chi connectivity index (χ0n) is 9.49. The van der Waals surface area contributed by atoms with Gasteiger partial charge < -0.3 is 10.3 Å². The molecule has 1 aliphatic carbocycles. The van der Waals surface area contributed by atoms with E-state index in [9.17, 15) is 0 Å². The fourth-order valence-electron chi connectivity index (χ4n) is 1.95. The van der Waals surface area contributed by atoms with E-state index >= 15 is 0 Å². The van der Waals surface area contributed by atoms with Crippen LogP contribution < -0.4 is 5.73 Å². The maximum atomic E-state index is 5.67. The molecule has 0 amide bonds. The molecule has 2 N–H and O–H groups in total. The number of hydrogen-bond acceptors (Lipinski definition) is 4. The summed E-state index contributed by atoms with van der Waals surface area (Å²) in [5, 5.41) is 4.07. The molecule has 0 bridgehead atoms. The molecular formula is C11H19N3O. The fourth-order valence-corrected chi connectivity index (χ4v) is 1.95. The highest BCUT2D eigenvalue weighted by Gasteiger charge is 2.29. The highest BCUT2D eigenvalue weighted by molar-refractivity contribution is 5.05. The Morgan fingerprint density at radius 3 is 2.67 bits per heavy atom. The Labute approximate surface area is 90.2 Å². The molecule has 0 aliphatic heterocycles. The zero-order valence-corrected chi connectivity index (χ0v) is 9.49. The van der Waals surface area contributed by atoms with Gasteiger partial charge in [-0.2, -0.15) is 4.98 Å². The highest BCUT2D eigenvalue weighted by atomic mass is 16.5. The molecule has 0 unspecified atom stereocenters. The minimum atomic E-state index is -0.205. The van der Waals surface area contributed by atoms with Gasteiger partial charge in [0.25, 0.3) is 0 Å². The van der Waals surface area contributed by atoms with Crippen molar-refractivity contribution in [2.45, 2.75) is 50.9 Å². The first-order valence-electron chi connectivity index (χ1n) is 5.67. The van der Waals surface area contributed by atoms with Crippen LogP contribution >= 0.6 is 0 Å². The molecule has 1 fully saturated rings. The van der Waals surface area contributed by atoms with Crippen molar-refractivity contribution >= 4 is 0 Å². The average Bonchev–Trinajstić information content (AvgIpc) is 2.88. The molecule has 15 heavy (non-hydrogen) atoms. The van der Waals surface area contributed by atoms with Crippen LogP contribution in [-0.4, -0.2) is 16.7 Å². The van der Waals surface area contributed by atoms with Crippen molar-refractivity contribution < 1.29 is 4.52 Å². The van der Waals surface area contributed by atoms with E-state index in [-0.39, 0.29) is 5.41 Å². The maximum Gasteiger partial charge on any atom is 0.233 e. The molecule has 2 rings (SSSR count). The number of hydrogen-bond donors (Lipinski definition) is 1. The van der Waals surface area contributed by atoms with Crippen LogP contribution in [0.3, 0.4) is 0 Å². The second-order valence-electron chi connectivity index (χ2n) is 5.03. The standard InChI is InChI=1S/C11H19N3O/c1-11(2,7-12)10-13-9(14-15-10)8-5-3-4-6-8/h8H,3-7,12H2,1-2H3. The molecule has 1 heterocycles. The normalized spacial score (nSPS) is 18.6. The molecule has 0 aromatic carbocycles. The Morgan fingerprint density at radius 2 is 2.07 bits per heavy atom. The summed E-state index contributed by atoms with van der Waals surface area (Å²) < 4.78 is 5.29. The lowest BCUT2D eigenvalue weighted by molar-refractivity contribution is 0.308. The third kappa shape index (κ3) is 2.04. The van der Waals surface area contributed by atoms with Gasteiger partial charge in [-0.25, -0.2) is 0 Å². The van der Waals surface area contributed by atoms with Crippen LogP contribution in [0.15, 0.2) is 4.52 Å². The summed E-state index contributed by atoms with van der Waals surface area (Å²) in [5.74, 6) is 2.06. The van der Waals surface area contributed by atoms with E-state index in [0.29, 0.717) is 18.4 Å². The van der Waals surface area contributed by atoms with E-state index in [2.05, 4.69) is 10.1 Å². The van der Waals surface area contributed by atoms with Crippen LogP contribution in [0.2, 0.25) is 0 Å². The van der Waals surface area contributed by atoms with E-state index in [1.165, 1.54) is 25.7 Å². The quantitative estimate of drug-likeness (QED) is 0.826. The molecule has 0 atom stereocenters. The predicted molar refractivity (Wildman–Crippen MR) is 57.6 cm³/mol. The van der Waals surface area contributed by atoms with Crippen LogP contribution in [0.4, 0.5) is 0 Å². The first kappa shape index (κ1) is 10.6. The second-order valence-corrected chi connectivity index (χ2v) is 5.03. The van der Waals surface area contributed by atoms with Crippen LogP contribution in [0.25, 0.3) is 0 Å². The van der Waals surface area contributed by atoms with Crippen molar-refractivity contribution in [1.29, 1.82) is 0 Å². The topological polar surface area (TPSA) is 64.9 Å². The van der Waals surface area contributed by atoms with Crippen molar-refractivity contribution in [1.82, 2.24) is 10.1 Å². The molecule has 1 aromatic rings. The summed E-state index contributed by atoms with van der Waals surface area (Å²) in [5.41, 5.74) is 5.47. The van der Waals surface area contributed by atoms with Gasteiger partial charge in [0.15, 0.2) is 5.82 Å². The van der Waals surface area contributed by atoms with Gasteiger partial charge in [-0.15, -0.1) is 0 Å². The molecule has 0 saturated heterocycles. The lowest BCUT2D eigenvalue weighted by Crippen LogP contribution is -2.28. The van der Waals surface area contributed by atoms with Gasteiger partial charge in [0.2, 0.25) is 5.89 Å². The zero-order chi connectivity index (χ0) is 10.9. The minimum absolute atomic E-state index is 0.205. The Hall–Kier alpha value is -0.900. The van der Waals surface area contributed by atoms with Gasteiger partial charge in [0.1, 0.15) is 0 Å². The van der Waals surface area contributed by atoms with Gasteiger partial charge in [0.05, 0.1) is 5.41 Å². The molecular weight excluding hydrogens is 190 g/mol. The van der Waals surface area contributed by atoms with Crippen molar-refractivity contribution in [2.75, 3.05) is 6.54 Å². The Morgan fingerprint density at radius 1 is 1.40 bits per heavy atom. The van der Waals surface area contributed by atoms with Crippen LogP contribution in [0.5, 0.6) is 0 Å². The van der Waals surface area contributed by atoms with Gasteiger partial charge >= 0.3 is 0 Å². The molecule has 1 saturated carbocycles. The van der Waals surface area contributed by atoms with E-state index in [4.69, 9.17) is 10.3 Å².